The Morgan fingerprint density at radius 3 is 2.09 bits per heavy atom. The lowest BCUT2D eigenvalue weighted by Gasteiger charge is -2.28. The molecule has 2 fully saturated rings. The Hall–Kier alpha value is -3.82. The van der Waals surface area contributed by atoms with Crippen LogP contribution in [0.2, 0.25) is 5.02 Å². The molecular weight excluding hydrogens is 453 g/mol. The van der Waals surface area contributed by atoms with Crippen molar-refractivity contribution in [1.82, 2.24) is 0 Å². The minimum absolute atomic E-state index is 0.160. The third-order valence-corrected chi connectivity index (χ3v) is 5.98. The number of hydrogen-bond acceptors (Lipinski definition) is 6. The number of imide groups is 1. The summed E-state index contributed by atoms with van der Waals surface area (Å²) in [5, 5.41) is 12.9. The van der Waals surface area contributed by atoms with E-state index in [2.05, 4.69) is 0 Å². The van der Waals surface area contributed by atoms with Crippen LogP contribution in [0.25, 0.3) is 0 Å². The summed E-state index contributed by atoms with van der Waals surface area (Å²) >= 11 is 5.99. The van der Waals surface area contributed by atoms with Crippen molar-refractivity contribution < 1.29 is 23.7 Å². The van der Waals surface area contributed by atoms with Crippen molar-refractivity contribution in [3.63, 3.8) is 0 Å². The van der Waals surface area contributed by atoms with Gasteiger partial charge in [-0.25, -0.2) is 14.4 Å². The Morgan fingerprint density at radius 2 is 1.48 bits per heavy atom. The van der Waals surface area contributed by atoms with E-state index < -0.39 is 40.6 Å². The van der Waals surface area contributed by atoms with Crippen LogP contribution in [-0.4, -0.2) is 22.8 Å². The molecule has 0 aromatic heterocycles. The number of carbonyl (C=O) groups is 2. The fourth-order valence-corrected chi connectivity index (χ4v) is 4.33. The van der Waals surface area contributed by atoms with E-state index in [1.54, 1.807) is 36.4 Å². The maximum atomic E-state index is 13.6. The number of halogens is 2. The molecule has 0 saturated carbocycles. The van der Waals surface area contributed by atoms with E-state index in [-0.39, 0.29) is 11.4 Å². The highest BCUT2D eigenvalue weighted by molar-refractivity contribution is 6.30. The van der Waals surface area contributed by atoms with Gasteiger partial charge in [0, 0.05) is 17.2 Å². The molecule has 0 unspecified atom stereocenters. The molecule has 0 radical (unpaired) electrons. The molecule has 0 N–H and O–H groups in total. The molecule has 10 heteroatoms. The Morgan fingerprint density at radius 1 is 0.879 bits per heavy atom. The van der Waals surface area contributed by atoms with Crippen LogP contribution in [0.4, 0.5) is 21.5 Å². The molecule has 2 saturated heterocycles. The number of fused-ring (bicyclic) bond motifs is 1. The largest absolute Gasteiger partial charge is 0.273 e. The molecular formula is C23H15ClFN3O5. The number of nitro groups is 1. The summed E-state index contributed by atoms with van der Waals surface area (Å²) < 4.78 is 13.6. The standard InChI is InChI=1S/C23H15ClFN3O5/c24-14-3-7-17(8-4-14)27-20(13-1-5-15(25)6-2-13)19-21(33-27)23(30)26(22(19)29)16-9-11-18(12-10-16)28(31)32/h1-12,19-21H/t19-,20-,21-/m1/s1. The lowest BCUT2D eigenvalue weighted by atomic mass is 9.90. The van der Waals surface area contributed by atoms with E-state index in [1.807, 2.05) is 0 Å². The van der Waals surface area contributed by atoms with Crippen molar-refractivity contribution in [2.75, 3.05) is 9.96 Å². The minimum Gasteiger partial charge on any atom is -0.273 e. The zero-order valence-electron chi connectivity index (χ0n) is 16.8. The van der Waals surface area contributed by atoms with Crippen molar-refractivity contribution in [2.45, 2.75) is 12.1 Å². The van der Waals surface area contributed by atoms with E-state index in [0.717, 1.165) is 4.90 Å². The van der Waals surface area contributed by atoms with Crippen molar-refractivity contribution in [2.24, 2.45) is 5.92 Å². The summed E-state index contributed by atoms with van der Waals surface area (Å²) in [5.74, 6) is -2.44. The van der Waals surface area contributed by atoms with Crippen LogP contribution in [0, 0.1) is 21.8 Å². The maximum Gasteiger partial charge on any atom is 0.269 e. The van der Waals surface area contributed by atoms with E-state index in [1.165, 1.54) is 41.5 Å². The third kappa shape index (κ3) is 3.51. The van der Waals surface area contributed by atoms with Gasteiger partial charge >= 0.3 is 0 Å². The van der Waals surface area contributed by atoms with E-state index in [0.29, 0.717) is 16.3 Å². The lowest BCUT2D eigenvalue weighted by molar-refractivity contribution is -0.384. The van der Waals surface area contributed by atoms with Crippen molar-refractivity contribution in [3.8, 4) is 0 Å². The molecule has 3 aromatic rings. The van der Waals surface area contributed by atoms with Crippen LogP contribution in [0.15, 0.2) is 72.8 Å². The first-order chi connectivity index (χ1) is 15.8. The van der Waals surface area contributed by atoms with E-state index >= 15 is 0 Å². The molecule has 3 atom stereocenters. The number of nitrogens with zero attached hydrogens (tertiary/aromatic N) is 3. The Labute approximate surface area is 191 Å². The van der Waals surface area contributed by atoms with Crippen LogP contribution in [0.5, 0.6) is 0 Å². The van der Waals surface area contributed by atoms with Crippen LogP contribution in [0.3, 0.4) is 0 Å². The molecule has 0 aliphatic carbocycles. The average Bonchev–Trinajstić information content (AvgIpc) is 3.31. The summed E-state index contributed by atoms with van der Waals surface area (Å²) in [6.07, 6.45) is -1.11. The lowest BCUT2D eigenvalue weighted by Crippen LogP contribution is -2.37. The Bertz CT molecular complexity index is 1250. The second kappa shape index (κ2) is 7.95. The van der Waals surface area contributed by atoms with Gasteiger partial charge in [-0.1, -0.05) is 23.7 Å². The van der Waals surface area contributed by atoms with Gasteiger partial charge in [0.05, 0.1) is 22.3 Å². The number of amides is 2. The van der Waals surface area contributed by atoms with Gasteiger partial charge < -0.3 is 0 Å². The zero-order chi connectivity index (χ0) is 23.3. The van der Waals surface area contributed by atoms with Gasteiger partial charge in [0.2, 0.25) is 5.91 Å². The molecule has 5 rings (SSSR count). The summed E-state index contributed by atoms with van der Waals surface area (Å²) in [5.41, 5.74) is 1.22. The summed E-state index contributed by atoms with van der Waals surface area (Å²) in [6, 6.07) is 16.8. The monoisotopic (exact) mass is 467 g/mol. The van der Waals surface area contributed by atoms with Gasteiger partial charge in [0.15, 0.2) is 6.10 Å². The first-order valence-corrected chi connectivity index (χ1v) is 10.3. The van der Waals surface area contributed by atoms with Gasteiger partial charge in [-0.3, -0.25) is 24.5 Å². The highest BCUT2D eigenvalue weighted by atomic mass is 35.5. The van der Waals surface area contributed by atoms with Gasteiger partial charge in [-0.05, 0) is 54.1 Å². The molecule has 33 heavy (non-hydrogen) atoms. The number of rotatable bonds is 4. The van der Waals surface area contributed by atoms with Crippen LogP contribution in [0.1, 0.15) is 11.6 Å². The molecule has 2 heterocycles. The topological polar surface area (TPSA) is 93.0 Å². The van der Waals surface area contributed by atoms with Crippen molar-refractivity contribution in [1.29, 1.82) is 0 Å². The van der Waals surface area contributed by atoms with Gasteiger partial charge in [-0.2, -0.15) is 0 Å². The second-order valence-electron chi connectivity index (χ2n) is 7.64. The summed E-state index contributed by atoms with van der Waals surface area (Å²) in [7, 11) is 0. The normalized spacial score (nSPS) is 22.1. The first kappa shape index (κ1) is 21.0. The third-order valence-electron chi connectivity index (χ3n) is 5.73. The number of hydroxylamine groups is 1. The quantitative estimate of drug-likeness (QED) is 0.320. The number of nitro benzene ring substituents is 1. The fourth-order valence-electron chi connectivity index (χ4n) is 4.20. The molecule has 2 amide bonds. The molecule has 0 spiro atoms. The van der Waals surface area contributed by atoms with Crippen LogP contribution >= 0.6 is 11.6 Å². The first-order valence-electron chi connectivity index (χ1n) is 9.94. The molecule has 2 aliphatic rings. The number of anilines is 2. The smallest absolute Gasteiger partial charge is 0.269 e. The number of non-ortho nitro benzene ring substituents is 1. The highest BCUT2D eigenvalue weighted by Gasteiger charge is 2.60. The van der Waals surface area contributed by atoms with Crippen LogP contribution in [-0.2, 0) is 14.4 Å². The molecule has 2 aliphatic heterocycles. The molecule has 166 valence electrons. The summed E-state index contributed by atoms with van der Waals surface area (Å²) in [6.45, 7) is 0. The second-order valence-corrected chi connectivity index (χ2v) is 8.07. The minimum atomic E-state index is -1.11. The van der Waals surface area contributed by atoms with Crippen molar-refractivity contribution in [3.05, 3.63) is 99.3 Å². The number of carbonyl (C=O) groups excluding carboxylic acids is 2. The number of benzene rings is 3. The van der Waals surface area contributed by atoms with Gasteiger partial charge in [0.25, 0.3) is 11.6 Å². The maximum absolute atomic E-state index is 13.6. The summed E-state index contributed by atoms with van der Waals surface area (Å²) in [4.78, 5) is 44.0. The van der Waals surface area contributed by atoms with Gasteiger partial charge in [-0.15, -0.1) is 0 Å². The Balaban J connectivity index is 1.55. The number of hydrogen-bond donors (Lipinski definition) is 0. The predicted octanol–water partition coefficient (Wildman–Crippen LogP) is 4.44. The fraction of sp³-hybridized carbons (Fsp3) is 0.130. The zero-order valence-corrected chi connectivity index (χ0v) is 17.6. The molecule has 3 aromatic carbocycles. The van der Waals surface area contributed by atoms with Crippen molar-refractivity contribution >= 4 is 40.5 Å². The van der Waals surface area contributed by atoms with Gasteiger partial charge in [0.1, 0.15) is 11.7 Å². The predicted molar refractivity (Wildman–Crippen MR) is 117 cm³/mol. The average molecular weight is 468 g/mol. The molecule has 8 nitrogen and oxygen atoms in total. The van der Waals surface area contributed by atoms with E-state index in [4.69, 9.17) is 16.4 Å². The Kier molecular flexibility index (Phi) is 5.07. The van der Waals surface area contributed by atoms with E-state index in [9.17, 15) is 24.1 Å². The highest BCUT2D eigenvalue weighted by Crippen LogP contribution is 2.47. The SMILES string of the molecule is O=C1[C@@H]2[C@@H](c3ccc(F)cc3)N(c3ccc(Cl)cc3)O[C@H]2C(=O)N1c1ccc([N+](=O)[O-])cc1. The van der Waals surface area contributed by atoms with Crippen LogP contribution < -0.4 is 9.96 Å². The molecule has 0 bridgehead atoms.